The summed E-state index contributed by atoms with van der Waals surface area (Å²) in [6.45, 7) is 5.04. The Labute approximate surface area is 178 Å². The molecule has 0 bridgehead atoms. The van der Waals surface area contributed by atoms with Crippen LogP contribution in [-0.4, -0.2) is 79.9 Å². The number of aliphatic hydroxyl groups excluding tert-OH is 1. The summed E-state index contributed by atoms with van der Waals surface area (Å²) in [6.07, 6.45) is -1.30. The SMILES string of the molecule is COc1cccc(CO[C@]2(C(=O)NCCN(C)C)C[C@@H](O)[C@@H]3OC(C)(C)O[C@@H]3C2)c1. The number of amides is 1. The minimum absolute atomic E-state index is 0.144. The molecule has 8 heteroatoms. The van der Waals surface area contributed by atoms with E-state index in [0.29, 0.717) is 19.5 Å². The van der Waals surface area contributed by atoms with Crippen molar-refractivity contribution in [3.05, 3.63) is 29.8 Å². The van der Waals surface area contributed by atoms with Gasteiger partial charge in [-0.15, -0.1) is 0 Å². The number of nitrogens with zero attached hydrogens (tertiary/aromatic N) is 1. The van der Waals surface area contributed by atoms with Crippen molar-refractivity contribution in [1.29, 1.82) is 0 Å². The predicted molar refractivity (Wildman–Crippen MR) is 111 cm³/mol. The molecule has 0 radical (unpaired) electrons. The van der Waals surface area contributed by atoms with Crippen LogP contribution >= 0.6 is 0 Å². The number of benzene rings is 1. The van der Waals surface area contributed by atoms with E-state index in [1.165, 1.54) is 0 Å². The van der Waals surface area contributed by atoms with Gasteiger partial charge in [-0.3, -0.25) is 4.79 Å². The summed E-state index contributed by atoms with van der Waals surface area (Å²) in [4.78, 5) is 15.2. The Kier molecular flexibility index (Phi) is 7.04. The molecule has 1 saturated heterocycles. The third-order valence-electron chi connectivity index (χ3n) is 5.58. The standard InChI is InChI=1S/C22H34N2O6/c1-21(2)29-18-13-22(12-17(25)19(18)30-21,20(26)23-9-10-24(3)4)28-14-15-7-6-8-16(11-15)27-5/h6-8,11,17-19,25H,9-10,12-14H2,1-5H3,(H,23,26)/t17-,18-,19+,22-/m1/s1. The van der Waals surface area contributed by atoms with Crippen LogP contribution in [0.5, 0.6) is 5.75 Å². The minimum atomic E-state index is -1.21. The zero-order valence-corrected chi connectivity index (χ0v) is 18.5. The molecule has 8 nitrogen and oxygen atoms in total. The lowest BCUT2D eigenvalue weighted by Gasteiger charge is -2.42. The molecule has 0 unspecified atom stereocenters. The van der Waals surface area contributed by atoms with Gasteiger partial charge < -0.3 is 34.3 Å². The number of hydrogen-bond acceptors (Lipinski definition) is 7. The maximum Gasteiger partial charge on any atom is 0.252 e. The first-order valence-electron chi connectivity index (χ1n) is 10.4. The average molecular weight is 423 g/mol. The Morgan fingerprint density at radius 2 is 2.07 bits per heavy atom. The Hall–Kier alpha value is -1.71. The van der Waals surface area contributed by atoms with E-state index < -0.39 is 29.7 Å². The number of ether oxygens (including phenoxy) is 4. The Balaban J connectivity index is 1.78. The first-order chi connectivity index (χ1) is 14.1. The second-order valence-electron chi connectivity index (χ2n) is 8.81. The van der Waals surface area contributed by atoms with Gasteiger partial charge in [0.25, 0.3) is 5.91 Å². The summed E-state index contributed by atoms with van der Waals surface area (Å²) in [5, 5.41) is 13.8. The molecule has 0 aromatic heterocycles. The Morgan fingerprint density at radius 3 is 2.77 bits per heavy atom. The number of aliphatic hydroxyl groups is 1. The molecule has 2 N–H and O–H groups in total. The molecule has 1 aliphatic carbocycles. The van der Waals surface area contributed by atoms with Crippen molar-refractivity contribution in [3.63, 3.8) is 0 Å². The molecule has 3 rings (SSSR count). The monoisotopic (exact) mass is 422 g/mol. The molecule has 2 aliphatic rings. The highest BCUT2D eigenvalue weighted by atomic mass is 16.8. The average Bonchev–Trinajstić information content (AvgIpc) is 3.00. The van der Waals surface area contributed by atoms with Crippen molar-refractivity contribution < 1.29 is 28.8 Å². The summed E-state index contributed by atoms with van der Waals surface area (Å²) >= 11 is 0. The van der Waals surface area contributed by atoms with Gasteiger partial charge in [-0.2, -0.15) is 0 Å². The number of hydrogen-bond donors (Lipinski definition) is 2. The summed E-state index contributed by atoms with van der Waals surface area (Å²) in [5.74, 6) is -0.322. The van der Waals surface area contributed by atoms with Crippen molar-refractivity contribution in [2.45, 2.75) is 63.0 Å². The van der Waals surface area contributed by atoms with Crippen LogP contribution in [0.25, 0.3) is 0 Å². The topological polar surface area (TPSA) is 89.5 Å². The molecule has 4 atom stereocenters. The molecule has 2 fully saturated rings. The summed E-state index contributed by atoms with van der Waals surface area (Å²) in [5.41, 5.74) is -0.324. The second kappa shape index (κ2) is 9.20. The summed E-state index contributed by atoms with van der Waals surface area (Å²) < 4.78 is 23.4. The predicted octanol–water partition coefficient (Wildman–Crippen LogP) is 1.30. The van der Waals surface area contributed by atoms with Gasteiger partial charge in [0, 0.05) is 25.9 Å². The summed E-state index contributed by atoms with van der Waals surface area (Å²) in [6, 6.07) is 7.52. The second-order valence-corrected chi connectivity index (χ2v) is 8.81. The number of fused-ring (bicyclic) bond motifs is 1. The van der Waals surface area contributed by atoms with Crippen LogP contribution in [0, 0.1) is 0 Å². The van der Waals surface area contributed by atoms with Gasteiger partial charge in [-0.05, 0) is 45.6 Å². The van der Waals surface area contributed by atoms with Gasteiger partial charge in [0.15, 0.2) is 11.4 Å². The molecule has 30 heavy (non-hydrogen) atoms. The van der Waals surface area contributed by atoms with E-state index in [-0.39, 0.29) is 18.9 Å². The van der Waals surface area contributed by atoms with E-state index >= 15 is 0 Å². The number of likely N-dealkylation sites (N-methyl/N-ethyl adjacent to an activating group) is 1. The minimum Gasteiger partial charge on any atom is -0.497 e. The van der Waals surface area contributed by atoms with E-state index in [1.807, 2.05) is 57.1 Å². The molecule has 1 aromatic carbocycles. The fraction of sp³-hybridized carbons (Fsp3) is 0.682. The maximum atomic E-state index is 13.3. The number of rotatable bonds is 8. The highest BCUT2D eigenvalue weighted by Gasteiger charge is 2.57. The van der Waals surface area contributed by atoms with Crippen molar-refractivity contribution >= 4 is 5.91 Å². The van der Waals surface area contributed by atoms with Crippen LogP contribution < -0.4 is 10.1 Å². The third-order valence-corrected chi connectivity index (χ3v) is 5.58. The first-order valence-corrected chi connectivity index (χ1v) is 10.4. The van der Waals surface area contributed by atoms with Crippen molar-refractivity contribution in [1.82, 2.24) is 10.2 Å². The highest BCUT2D eigenvalue weighted by molar-refractivity contribution is 5.85. The van der Waals surface area contributed by atoms with Crippen LogP contribution in [0.15, 0.2) is 24.3 Å². The van der Waals surface area contributed by atoms with Gasteiger partial charge >= 0.3 is 0 Å². The molecular formula is C22H34N2O6. The van der Waals surface area contributed by atoms with Crippen molar-refractivity contribution in [2.75, 3.05) is 34.3 Å². The van der Waals surface area contributed by atoms with Gasteiger partial charge in [-0.1, -0.05) is 12.1 Å². The van der Waals surface area contributed by atoms with Crippen LogP contribution in [0.3, 0.4) is 0 Å². The van der Waals surface area contributed by atoms with Gasteiger partial charge in [-0.25, -0.2) is 0 Å². The van der Waals surface area contributed by atoms with Crippen LogP contribution in [-0.2, 0) is 25.6 Å². The molecule has 0 spiro atoms. The fourth-order valence-electron chi connectivity index (χ4n) is 4.12. The zero-order chi connectivity index (χ0) is 21.9. The number of carbonyl (C=O) groups is 1. The molecule has 1 aliphatic heterocycles. The molecule has 1 heterocycles. The van der Waals surface area contributed by atoms with Crippen LogP contribution in [0.1, 0.15) is 32.3 Å². The van der Waals surface area contributed by atoms with Gasteiger partial charge in [0.05, 0.1) is 25.9 Å². The smallest absolute Gasteiger partial charge is 0.252 e. The Morgan fingerprint density at radius 1 is 1.30 bits per heavy atom. The van der Waals surface area contributed by atoms with Gasteiger partial charge in [0.2, 0.25) is 0 Å². The van der Waals surface area contributed by atoms with E-state index in [0.717, 1.165) is 11.3 Å². The van der Waals surface area contributed by atoms with Crippen LogP contribution in [0.2, 0.25) is 0 Å². The maximum absolute atomic E-state index is 13.3. The quantitative estimate of drug-likeness (QED) is 0.653. The van der Waals surface area contributed by atoms with E-state index in [4.69, 9.17) is 18.9 Å². The van der Waals surface area contributed by atoms with E-state index in [2.05, 4.69) is 5.32 Å². The lowest BCUT2D eigenvalue weighted by molar-refractivity contribution is -0.174. The molecule has 168 valence electrons. The van der Waals surface area contributed by atoms with E-state index in [1.54, 1.807) is 7.11 Å². The number of carbonyl (C=O) groups excluding carboxylic acids is 1. The normalized spacial score (nSPS) is 30.2. The molecule has 1 saturated carbocycles. The first kappa shape index (κ1) is 23.0. The Bertz CT molecular complexity index is 740. The lowest BCUT2D eigenvalue weighted by atomic mass is 9.78. The lowest BCUT2D eigenvalue weighted by Crippen LogP contribution is -2.59. The zero-order valence-electron chi connectivity index (χ0n) is 18.5. The summed E-state index contributed by atoms with van der Waals surface area (Å²) in [7, 11) is 5.50. The number of methoxy groups -OCH3 is 1. The highest BCUT2D eigenvalue weighted by Crippen LogP contribution is 2.43. The molecule has 1 aromatic rings. The molecule has 1 amide bonds. The fourth-order valence-corrected chi connectivity index (χ4v) is 4.12. The van der Waals surface area contributed by atoms with Crippen molar-refractivity contribution in [3.8, 4) is 5.75 Å². The number of nitrogens with one attached hydrogen (secondary N) is 1. The molecular weight excluding hydrogens is 388 g/mol. The van der Waals surface area contributed by atoms with Gasteiger partial charge in [0.1, 0.15) is 11.9 Å². The van der Waals surface area contributed by atoms with E-state index in [9.17, 15) is 9.90 Å². The third kappa shape index (κ3) is 5.31. The van der Waals surface area contributed by atoms with Crippen molar-refractivity contribution in [2.24, 2.45) is 0 Å². The largest absolute Gasteiger partial charge is 0.497 e. The van der Waals surface area contributed by atoms with Crippen LogP contribution in [0.4, 0.5) is 0 Å².